The van der Waals surface area contributed by atoms with Gasteiger partial charge < -0.3 is 20.1 Å². The number of hydrogen-bond donors (Lipinski definition) is 2. The molecule has 2 unspecified atom stereocenters. The summed E-state index contributed by atoms with van der Waals surface area (Å²) in [6, 6.07) is 22.5. The van der Waals surface area contributed by atoms with Gasteiger partial charge in [0.1, 0.15) is 0 Å². The van der Waals surface area contributed by atoms with Crippen molar-refractivity contribution < 1.29 is 14.3 Å². The summed E-state index contributed by atoms with van der Waals surface area (Å²) in [5.41, 5.74) is 7.30. The first-order valence-corrected chi connectivity index (χ1v) is 11.6. The Morgan fingerprint density at radius 2 is 1.64 bits per heavy atom. The van der Waals surface area contributed by atoms with E-state index in [4.69, 9.17) is 9.47 Å². The van der Waals surface area contributed by atoms with Gasteiger partial charge in [0.05, 0.1) is 17.4 Å². The quantitative estimate of drug-likeness (QED) is 0.529. The summed E-state index contributed by atoms with van der Waals surface area (Å²) in [6.07, 6.45) is 2.31. The molecule has 2 atom stereocenters. The minimum Gasteiger partial charge on any atom is -0.454 e. The number of anilines is 2. The molecule has 0 saturated heterocycles. The number of ether oxygens (including phenoxy) is 2. The lowest BCUT2D eigenvalue weighted by atomic mass is 9.78. The van der Waals surface area contributed by atoms with E-state index in [1.807, 2.05) is 36.4 Å². The van der Waals surface area contributed by atoms with Gasteiger partial charge in [-0.15, -0.1) is 0 Å². The van der Waals surface area contributed by atoms with Crippen molar-refractivity contribution in [3.8, 4) is 11.5 Å². The maximum atomic E-state index is 13.7. The summed E-state index contributed by atoms with van der Waals surface area (Å²) in [4.78, 5) is 13.7. The highest BCUT2D eigenvalue weighted by Crippen LogP contribution is 2.45. The molecular formula is C28H26N2O3. The van der Waals surface area contributed by atoms with Crippen LogP contribution in [0.1, 0.15) is 48.4 Å². The lowest BCUT2D eigenvalue weighted by molar-refractivity contribution is -0.116. The zero-order valence-electron chi connectivity index (χ0n) is 18.6. The van der Waals surface area contributed by atoms with Crippen LogP contribution < -0.4 is 20.1 Å². The van der Waals surface area contributed by atoms with Crippen LogP contribution in [-0.2, 0) is 11.2 Å². The number of fused-ring (bicyclic) bond motifs is 2. The largest absolute Gasteiger partial charge is 0.454 e. The van der Waals surface area contributed by atoms with E-state index in [2.05, 4.69) is 47.9 Å². The fourth-order valence-electron chi connectivity index (χ4n) is 5.10. The van der Waals surface area contributed by atoms with Crippen LogP contribution in [0.3, 0.4) is 0 Å². The summed E-state index contributed by atoms with van der Waals surface area (Å²) in [5.74, 6) is 1.80. The molecule has 3 aliphatic rings. The van der Waals surface area contributed by atoms with Crippen molar-refractivity contribution in [2.45, 2.75) is 38.1 Å². The van der Waals surface area contributed by atoms with Crippen LogP contribution in [0.15, 0.2) is 78.0 Å². The van der Waals surface area contributed by atoms with Gasteiger partial charge in [0.2, 0.25) is 6.79 Å². The van der Waals surface area contributed by atoms with E-state index in [0.29, 0.717) is 6.42 Å². The Morgan fingerprint density at radius 1 is 0.879 bits per heavy atom. The van der Waals surface area contributed by atoms with Crippen LogP contribution in [0.5, 0.6) is 11.5 Å². The second kappa shape index (κ2) is 8.00. The Hall–Kier alpha value is -3.73. The lowest BCUT2D eigenvalue weighted by Crippen LogP contribution is -2.26. The molecule has 3 aromatic carbocycles. The van der Waals surface area contributed by atoms with E-state index in [-0.39, 0.29) is 24.5 Å². The highest BCUT2D eigenvalue weighted by atomic mass is 16.7. The van der Waals surface area contributed by atoms with Gasteiger partial charge in [-0.3, -0.25) is 4.79 Å². The molecule has 0 radical (unpaired) electrons. The maximum Gasteiger partial charge on any atom is 0.231 e. The Bertz CT molecular complexity index is 1260. The normalized spacial score (nSPS) is 20.9. The van der Waals surface area contributed by atoms with Crippen molar-refractivity contribution in [2.24, 2.45) is 0 Å². The smallest absolute Gasteiger partial charge is 0.231 e. The van der Waals surface area contributed by atoms with Crippen molar-refractivity contribution in [2.75, 3.05) is 17.4 Å². The van der Waals surface area contributed by atoms with Gasteiger partial charge in [-0.2, -0.15) is 0 Å². The molecule has 0 amide bonds. The molecule has 5 nitrogen and oxygen atoms in total. The summed E-state index contributed by atoms with van der Waals surface area (Å²) in [6.45, 7) is 2.39. The Labute approximate surface area is 193 Å². The molecule has 33 heavy (non-hydrogen) atoms. The standard InChI is InChI=1S/C28H26N2O3/c1-2-17-7-9-18(10-8-17)20-13-23-27(24(31)14-20)28(30-22-6-4-3-5-21(22)29-23)19-11-12-25-26(15-19)33-16-32-25/h3-12,15,20,28-30H,2,13-14,16H2,1H3. The van der Waals surface area contributed by atoms with Gasteiger partial charge in [0.25, 0.3) is 0 Å². The van der Waals surface area contributed by atoms with Gasteiger partial charge in [-0.05, 0) is 59.7 Å². The number of Topliss-reactive ketones (excluding diaryl/α,β-unsaturated/α-hetero) is 1. The minimum atomic E-state index is -0.262. The number of nitrogens with one attached hydrogen (secondary N) is 2. The van der Waals surface area contributed by atoms with Gasteiger partial charge in [0, 0.05) is 17.7 Å². The summed E-state index contributed by atoms with van der Waals surface area (Å²) in [5, 5.41) is 7.24. The number of aryl methyl sites for hydroxylation is 1. The van der Waals surface area contributed by atoms with Crippen LogP contribution in [0.2, 0.25) is 0 Å². The zero-order valence-corrected chi connectivity index (χ0v) is 18.6. The number of allylic oxidation sites excluding steroid dienone is 1. The van der Waals surface area contributed by atoms with Crippen molar-refractivity contribution in [1.82, 2.24) is 0 Å². The minimum absolute atomic E-state index is 0.164. The first-order valence-electron chi connectivity index (χ1n) is 11.6. The number of para-hydroxylation sites is 2. The molecule has 1 aliphatic carbocycles. The van der Waals surface area contributed by atoms with Crippen molar-refractivity contribution >= 4 is 17.2 Å². The summed E-state index contributed by atoms with van der Waals surface area (Å²) in [7, 11) is 0. The Balaban J connectivity index is 1.42. The van der Waals surface area contributed by atoms with Crippen LogP contribution in [-0.4, -0.2) is 12.6 Å². The van der Waals surface area contributed by atoms with Crippen molar-refractivity contribution in [3.63, 3.8) is 0 Å². The molecule has 2 aliphatic heterocycles. The monoisotopic (exact) mass is 438 g/mol. The summed E-state index contributed by atoms with van der Waals surface area (Å²) < 4.78 is 11.1. The molecule has 0 saturated carbocycles. The topological polar surface area (TPSA) is 59.6 Å². The molecule has 166 valence electrons. The van der Waals surface area contributed by atoms with Crippen LogP contribution in [0, 0.1) is 0 Å². The molecule has 0 aromatic heterocycles. The SMILES string of the molecule is CCc1ccc(C2CC(=O)C3=C(C2)Nc2ccccc2NC3c2ccc3c(c2)OCO3)cc1. The highest BCUT2D eigenvalue weighted by molar-refractivity contribution is 6.01. The van der Waals surface area contributed by atoms with Crippen LogP contribution in [0.4, 0.5) is 11.4 Å². The van der Waals surface area contributed by atoms with Crippen LogP contribution >= 0.6 is 0 Å². The third kappa shape index (κ3) is 3.54. The first-order chi connectivity index (χ1) is 16.2. The molecule has 0 fully saturated rings. The van der Waals surface area contributed by atoms with E-state index < -0.39 is 0 Å². The Morgan fingerprint density at radius 3 is 2.45 bits per heavy atom. The molecule has 0 spiro atoms. The highest BCUT2D eigenvalue weighted by Gasteiger charge is 2.36. The van der Waals surface area contributed by atoms with E-state index in [1.54, 1.807) is 0 Å². The molecule has 2 N–H and O–H groups in total. The van der Waals surface area contributed by atoms with Crippen LogP contribution in [0.25, 0.3) is 0 Å². The summed E-state index contributed by atoms with van der Waals surface area (Å²) >= 11 is 0. The van der Waals surface area contributed by atoms with Gasteiger partial charge in [-0.1, -0.05) is 49.4 Å². The maximum absolute atomic E-state index is 13.7. The van der Waals surface area contributed by atoms with Gasteiger partial charge >= 0.3 is 0 Å². The fraction of sp³-hybridized carbons (Fsp3) is 0.250. The fourth-order valence-corrected chi connectivity index (χ4v) is 5.10. The third-order valence-corrected chi connectivity index (χ3v) is 6.90. The van der Waals surface area contributed by atoms with Gasteiger partial charge in [-0.25, -0.2) is 0 Å². The number of carbonyl (C=O) groups excluding carboxylic acids is 1. The predicted octanol–water partition coefficient (Wildman–Crippen LogP) is 5.96. The molecule has 6 rings (SSSR count). The van der Waals surface area contributed by atoms with E-state index in [0.717, 1.165) is 52.5 Å². The van der Waals surface area contributed by atoms with E-state index in [1.165, 1.54) is 11.1 Å². The number of rotatable bonds is 3. The molecule has 2 heterocycles. The van der Waals surface area contributed by atoms with Crippen molar-refractivity contribution in [1.29, 1.82) is 0 Å². The lowest BCUT2D eigenvalue weighted by Gasteiger charge is -2.30. The number of benzene rings is 3. The average molecular weight is 439 g/mol. The number of carbonyl (C=O) groups is 1. The number of hydrogen-bond acceptors (Lipinski definition) is 5. The second-order valence-electron chi connectivity index (χ2n) is 8.88. The zero-order chi connectivity index (χ0) is 22.4. The Kier molecular flexibility index (Phi) is 4.83. The average Bonchev–Trinajstić information content (AvgIpc) is 3.24. The second-order valence-corrected chi connectivity index (χ2v) is 8.88. The number of ketones is 1. The first kappa shape index (κ1) is 19.9. The van der Waals surface area contributed by atoms with Crippen molar-refractivity contribution in [3.05, 3.63) is 94.7 Å². The van der Waals surface area contributed by atoms with E-state index >= 15 is 0 Å². The molecule has 3 aromatic rings. The molecule has 0 bridgehead atoms. The molecular weight excluding hydrogens is 412 g/mol. The molecule has 5 heteroatoms. The predicted molar refractivity (Wildman–Crippen MR) is 129 cm³/mol. The van der Waals surface area contributed by atoms with E-state index in [9.17, 15) is 4.79 Å². The third-order valence-electron chi connectivity index (χ3n) is 6.90. The van der Waals surface area contributed by atoms with Gasteiger partial charge in [0.15, 0.2) is 17.3 Å².